The van der Waals surface area contributed by atoms with Gasteiger partial charge in [0.05, 0.1) is 12.4 Å². The molecule has 2 rings (SSSR count). The largest absolute Gasteiger partial charge is 0.381 e. The average Bonchev–Trinajstić information content (AvgIpc) is 2.91. The summed E-state index contributed by atoms with van der Waals surface area (Å²) < 4.78 is 31.7. The first kappa shape index (κ1) is 18.4. The summed E-state index contributed by atoms with van der Waals surface area (Å²) in [4.78, 5) is 0. The summed E-state index contributed by atoms with van der Waals surface area (Å²) in [7, 11) is -3.29. The monoisotopic (exact) mass is 334 g/mol. The molecular formula is C14H23ClN2O3S. The van der Waals surface area contributed by atoms with Crippen LogP contribution in [0.3, 0.4) is 0 Å². The van der Waals surface area contributed by atoms with Gasteiger partial charge in [0.1, 0.15) is 0 Å². The van der Waals surface area contributed by atoms with E-state index in [1.807, 2.05) is 30.3 Å². The molecule has 1 aromatic carbocycles. The van der Waals surface area contributed by atoms with Crippen molar-refractivity contribution in [1.29, 1.82) is 0 Å². The molecule has 0 aromatic heterocycles. The van der Waals surface area contributed by atoms with Gasteiger partial charge in [-0.05, 0) is 17.9 Å². The van der Waals surface area contributed by atoms with E-state index in [1.54, 1.807) is 0 Å². The van der Waals surface area contributed by atoms with Gasteiger partial charge >= 0.3 is 0 Å². The number of halogens is 1. The zero-order valence-corrected chi connectivity index (χ0v) is 13.6. The van der Waals surface area contributed by atoms with Crippen LogP contribution in [0.4, 0.5) is 0 Å². The zero-order chi connectivity index (χ0) is 14.4. The molecule has 1 aliphatic heterocycles. The predicted molar refractivity (Wildman–Crippen MR) is 85.9 cm³/mol. The third kappa shape index (κ3) is 5.56. The highest BCUT2D eigenvalue weighted by Gasteiger charge is 2.28. The number of nitrogens with zero attached hydrogens (tertiary/aromatic N) is 1. The third-order valence-corrected chi connectivity index (χ3v) is 5.44. The summed E-state index contributed by atoms with van der Waals surface area (Å²) in [5.41, 5.74) is 6.54. The van der Waals surface area contributed by atoms with Gasteiger partial charge in [-0.2, -0.15) is 4.31 Å². The maximum atomic E-state index is 12.5. The summed E-state index contributed by atoms with van der Waals surface area (Å²) in [5, 5.41) is 0. The molecule has 120 valence electrons. The van der Waals surface area contributed by atoms with E-state index in [1.165, 1.54) is 4.31 Å². The van der Waals surface area contributed by atoms with Gasteiger partial charge in [0.2, 0.25) is 10.0 Å². The van der Waals surface area contributed by atoms with Crippen LogP contribution in [-0.2, 0) is 21.3 Å². The zero-order valence-electron chi connectivity index (χ0n) is 12.0. The topological polar surface area (TPSA) is 72.6 Å². The van der Waals surface area contributed by atoms with Crippen molar-refractivity contribution in [2.24, 2.45) is 11.7 Å². The van der Waals surface area contributed by atoms with Gasteiger partial charge in [-0.3, -0.25) is 0 Å². The molecule has 0 amide bonds. The van der Waals surface area contributed by atoms with Crippen LogP contribution in [0.25, 0.3) is 0 Å². The van der Waals surface area contributed by atoms with Crippen LogP contribution in [0.1, 0.15) is 12.0 Å². The van der Waals surface area contributed by atoms with Crippen molar-refractivity contribution < 1.29 is 13.2 Å². The number of sulfonamides is 1. The SMILES string of the molecule is Cl.NCCN(Cc1ccccc1)S(=O)(=O)CC1CCOC1. The molecule has 1 aromatic rings. The van der Waals surface area contributed by atoms with E-state index in [-0.39, 0.29) is 24.1 Å². The maximum absolute atomic E-state index is 12.5. The smallest absolute Gasteiger partial charge is 0.214 e. The van der Waals surface area contributed by atoms with Crippen molar-refractivity contribution in [1.82, 2.24) is 4.31 Å². The fourth-order valence-corrected chi connectivity index (χ4v) is 4.16. The second-order valence-electron chi connectivity index (χ2n) is 5.12. The van der Waals surface area contributed by atoms with Gasteiger partial charge in [-0.25, -0.2) is 8.42 Å². The first-order valence-electron chi connectivity index (χ1n) is 6.91. The van der Waals surface area contributed by atoms with Crippen molar-refractivity contribution in [2.45, 2.75) is 13.0 Å². The number of ether oxygens (including phenoxy) is 1. The molecule has 0 bridgehead atoms. The standard InChI is InChI=1S/C14H22N2O3S.ClH/c15-7-8-16(10-13-4-2-1-3-5-13)20(17,18)12-14-6-9-19-11-14;/h1-5,14H,6-12,15H2;1H. The Kier molecular flexibility index (Phi) is 7.62. The number of hydrogen-bond donors (Lipinski definition) is 1. The van der Waals surface area contributed by atoms with Crippen LogP contribution >= 0.6 is 12.4 Å². The summed E-state index contributed by atoms with van der Waals surface area (Å²) in [6, 6.07) is 9.59. The second-order valence-corrected chi connectivity index (χ2v) is 7.13. The highest BCUT2D eigenvalue weighted by atomic mass is 35.5. The molecule has 0 aliphatic carbocycles. The van der Waals surface area contributed by atoms with Gasteiger partial charge in [0.15, 0.2) is 0 Å². The molecule has 2 N–H and O–H groups in total. The Morgan fingerprint density at radius 1 is 1.29 bits per heavy atom. The second kappa shape index (κ2) is 8.70. The van der Waals surface area contributed by atoms with Crippen molar-refractivity contribution >= 4 is 22.4 Å². The van der Waals surface area contributed by atoms with Gasteiger partial charge in [-0.15, -0.1) is 12.4 Å². The Morgan fingerprint density at radius 2 is 2.00 bits per heavy atom. The molecule has 0 radical (unpaired) electrons. The van der Waals surface area contributed by atoms with Crippen molar-refractivity contribution in [3.8, 4) is 0 Å². The lowest BCUT2D eigenvalue weighted by Crippen LogP contribution is -2.38. The lowest BCUT2D eigenvalue weighted by molar-refractivity contribution is 0.188. The molecular weight excluding hydrogens is 312 g/mol. The molecule has 7 heteroatoms. The molecule has 1 heterocycles. The predicted octanol–water partition coefficient (Wildman–Crippen LogP) is 1.24. The first-order valence-corrected chi connectivity index (χ1v) is 8.52. The van der Waals surface area contributed by atoms with Crippen LogP contribution in [0.15, 0.2) is 30.3 Å². The first-order chi connectivity index (χ1) is 9.62. The van der Waals surface area contributed by atoms with Crippen molar-refractivity contribution in [2.75, 3.05) is 32.1 Å². The molecule has 21 heavy (non-hydrogen) atoms. The molecule has 0 saturated carbocycles. The van der Waals surface area contributed by atoms with E-state index in [2.05, 4.69) is 0 Å². The molecule has 1 unspecified atom stereocenters. The normalized spacial score (nSPS) is 18.7. The number of rotatable bonds is 7. The Balaban J connectivity index is 0.00000220. The maximum Gasteiger partial charge on any atom is 0.214 e. The van der Waals surface area contributed by atoms with E-state index < -0.39 is 10.0 Å². The molecule has 1 fully saturated rings. The van der Waals surface area contributed by atoms with E-state index in [4.69, 9.17) is 10.5 Å². The highest BCUT2D eigenvalue weighted by molar-refractivity contribution is 7.89. The van der Waals surface area contributed by atoms with Gasteiger partial charge in [0, 0.05) is 26.2 Å². The minimum atomic E-state index is -3.29. The molecule has 1 aliphatic rings. The van der Waals surface area contributed by atoms with Crippen LogP contribution in [0, 0.1) is 5.92 Å². The van der Waals surface area contributed by atoms with Crippen molar-refractivity contribution in [3.05, 3.63) is 35.9 Å². The van der Waals surface area contributed by atoms with E-state index in [9.17, 15) is 8.42 Å². The Labute approximate surface area is 132 Å². The lowest BCUT2D eigenvalue weighted by atomic mass is 10.2. The fraction of sp³-hybridized carbons (Fsp3) is 0.571. The van der Waals surface area contributed by atoms with Gasteiger partial charge < -0.3 is 10.5 Å². The number of hydrogen-bond acceptors (Lipinski definition) is 4. The van der Waals surface area contributed by atoms with Crippen LogP contribution in [-0.4, -0.2) is 44.8 Å². The minimum absolute atomic E-state index is 0. The van der Waals surface area contributed by atoms with Gasteiger partial charge in [-0.1, -0.05) is 30.3 Å². The number of nitrogens with two attached hydrogens (primary N) is 1. The van der Waals surface area contributed by atoms with E-state index in [0.29, 0.717) is 32.8 Å². The molecule has 5 nitrogen and oxygen atoms in total. The average molecular weight is 335 g/mol. The van der Waals surface area contributed by atoms with Gasteiger partial charge in [0.25, 0.3) is 0 Å². The minimum Gasteiger partial charge on any atom is -0.381 e. The molecule has 0 spiro atoms. The Morgan fingerprint density at radius 3 is 2.57 bits per heavy atom. The van der Waals surface area contributed by atoms with E-state index >= 15 is 0 Å². The lowest BCUT2D eigenvalue weighted by Gasteiger charge is -2.23. The van der Waals surface area contributed by atoms with Crippen molar-refractivity contribution in [3.63, 3.8) is 0 Å². The summed E-state index contributed by atoms with van der Waals surface area (Å²) in [6.45, 7) is 2.27. The Hall–Kier alpha value is -0.660. The van der Waals surface area contributed by atoms with Crippen LogP contribution in [0.2, 0.25) is 0 Å². The quantitative estimate of drug-likeness (QED) is 0.814. The fourth-order valence-electron chi connectivity index (χ4n) is 2.37. The summed E-state index contributed by atoms with van der Waals surface area (Å²) in [5.74, 6) is 0.260. The molecule has 1 atom stereocenters. The summed E-state index contributed by atoms with van der Waals surface area (Å²) in [6.07, 6.45) is 0.820. The third-order valence-electron chi connectivity index (χ3n) is 3.44. The van der Waals surface area contributed by atoms with Crippen LogP contribution in [0.5, 0.6) is 0 Å². The highest BCUT2D eigenvalue weighted by Crippen LogP contribution is 2.18. The Bertz CT molecular complexity index is 504. The summed E-state index contributed by atoms with van der Waals surface area (Å²) >= 11 is 0. The van der Waals surface area contributed by atoms with Crippen LogP contribution < -0.4 is 5.73 Å². The van der Waals surface area contributed by atoms with E-state index in [0.717, 1.165) is 12.0 Å². The number of benzene rings is 1. The molecule has 1 saturated heterocycles.